The Morgan fingerprint density at radius 3 is 2.53 bits per heavy atom. The predicted molar refractivity (Wildman–Crippen MR) is 72.3 cm³/mol. The maximum absolute atomic E-state index is 12.0. The van der Waals surface area contributed by atoms with Gasteiger partial charge in [-0.1, -0.05) is 13.8 Å². The number of hydrogen-bond acceptors (Lipinski definition) is 3. The Bertz CT molecular complexity index is 351. The van der Waals surface area contributed by atoms with Gasteiger partial charge in [-0.25, -0.2) is 4.98 Å². The summed E-state index contributed by atoms with van der Waals surface area (Å²) in [6.07, 6.45) is 1.51. The average molecular weight is 258 g/mol. The van der Waals surface area contributed by atoms with Gasteiger partial charge in [-0.2, -0.15) is 0 Å². The number of halogens is 1. The number of hydrogen-bond donors (Lipinski definition) is 1. The first kappa shape index (κ1) is 15.7. The van der Waals surface area contributed by atoms with E-state index < -0.39 is 0 Å². The highest BCUT2D eigenvalue weighted by molar-refractivity contribution is 5.92. The molecular formula is C12H20ClN3O. The number of nitrogen functional groups attached to an aromatic ring is 1. The normalized spacial score (nSPS) is 9.88. The molecule has 0 aliphatic carbocycles. The van der Waals surface area contributed by atoms with Crippen LogP contribution >= 0.6 is 12.4 Å². The van der Waals surface area contributed by atoms with Gasteiger partial charge in [0.2, 0.25) is 0 Å². The zero-order chi connectivity index (χ0) is 12.1. The first-order valence-electron chi connectivity index (χ1n) is 5.55. The van der Waals surface area contributed by atoms with Crippen molar-refractivity contribution >= 4 is 24.0 Å². The van der Waals surface area contributed by atoms with Gasteiger partial charge in [0.25, 0.3) is 5.91 Å². The molecular weight excluding hydrogens is 238 g/mol. The smallest absolute Gasteiger partial charge is 0.272 e. The Labute approximate surface area is 109 Å². The molecule has 0 atom stereocenters. The van der Waals surface area contributed by atoms with Crippen molar-refractivity contribution in [2.24, 2.45) is 5.92 Å². The number of aromatic nitrogens is 1. The van der Waals surface area contributed by atoms with Crippen molar-refractivity contribution in [3.8, 4) is 0 Å². The van der Waals surface area contributed by atoms with Gasteiger partial charge >= 0.3 is 0 Å². The van der Waals surface area contributed by atoms with Crippen molar-refractivity contribution in [1.82, 2.24) is 9.88 Å². The molecule has 0 spiro atoms. The molecule has 1 amide bonds. The van der Waals surface area contributed by atoms with E-state index in [2.05, 4.69) is 18.8 Å². The summed E-state index contributed by atoms with van der Waals surface area (Å²) >= 11 is 0. The molecule has 0 aliphatic rings. The van der Waals surface area contributed by atoms with E-state index in [1.807, 2.05) is 6.92 Å². The lowest BCUT2D eigenvalue weighted by molar-refractivity contribution is 0.0740. The molecule has 17 heavy (non-hydrogen) atoms. The molecule has 1 aromatic rings. The van der Waals surface area contributed by atoms with Crippen molar-refractivity contribution in [3.05, 3.63) is 24.0 Å². The molecule has 5 heteroatoms. The quantitative estimate of drug-likeness (QED) is 0.900. The van der Waals surface area contributed by atoms with E-state index in [0.29, 0.717) is 23.8 Å². The van der Waals surface area contributed by atoms with Crippen LogP contribution < -0.4 is 5.73 Å². The third-order valence-corrected chi connectivity index (χ3v) is 2.26. The van der Waals surface area contributed by atoms with Gasteiger partial charge in [-0.05, 0) is 25.0 Å². The van der Waals surface area contributed by atoms with Gasteiger partial charge in [0.15, 0.2) is 0 Å². The number of carbonyl (C=O) groups is 1. The lowest BCUT2D eigenvalue weighted by Crippen LogP contribution is -2.34. The Morgan fingerprint density at radius 2 is 2.12 bits per heavy atom. The van der Waals surface area contributed by atoms with Gasteiger partial charge < -0.3 is 10.6 Å². The summed E-state index contributed by atoms with van der Waals surface area (Å²) in [5.74, 6) is 0.425. The fourth-order valence-electron chi connectivity index (χ4n) is 1.49. The van der Waals surface area contributed by atoms with E-state index in [0.717, 1.165) is 6.54 Å². The van der Waals surface area contributed by atoms with Gasteiger partial charge in [-0.15, -0.1) is 12.4 Å². The van der Waals surface area contributed by atoms with Gasteiger partial charge in [0.1, 0.15) is 5.69 Å². The van der Waals surface area contributed by atoms with Crippen molar-refractivity contribution < 1.29 is 4.79 Å². The number of anilines is 1. The molecule has 0 aromatic carbocycles. The van der Waals surface area contributed by atoms with Crippen LogP contribution in [0.1, 0.15) is 31.3 Å². The molecule has 0 saturated carbocycles. The third-order valence-electron chi connectivity index (χ3n) is 2.26. The van der Waals surface area contributed by atoms with Crippen LogP contribution in [0.5, 0.6) is 0 Å². The second kappa shape index (κ2) is 7.12. The predicted octanol–water partition coefficient (Wildman–Crippen LogP) is 2.20. The van der Waals surface area contributed by atoms with Gasteiger partial charge in [0, 0.05) is 13.1 Å². The highest BCUT2D eigenvalue weighted by atomic mass is 35.5. The van der Waals surface area contributed by atoms with Crippen LogP contribution in [-0.2, 0) is 0 Å². The Kier molecular flexibility index (Phi) is 6.58. The third kappa shape index (κ3) is 4.61. The lowest BCUT2D eigenvalue weighted by Gasteiger charge is -2.22. The maximum atomic E-state index is 12.0. The fraction of sp³-hybridized carbons (Fsp3) is 0.500. The zero-order valence-electron chi connectivity index (χ0n) is 10.5. The molecule has 2 N–H and O–H groups in total. The molecule has 4 nitrogen and oxygen atoms in total. The molecule has 0 aliphatic heterocycles. The minimum atomic E-state index is -0.0313. The number of nitrogens with zero attached hydrogens (tertiary/aromatic N) is 2. The molecule has 1 aromatic heterocycles. The summed E-state index contributed by atoms with van der Waals surface area (Å²) in [4.78, 5) is 17.9. The molecule has 0 fully saturated rings. The van der Waals surface area contributed by atoms with E-state index in [1.165, 1.54) is 6.20 Å². The summed E-state index contributed by atoms with van der Waals surface area (Å²) in [6, 6.07) is 3.37. The largest absolute Gasteiger partial charge is 0.397 e. The van der Waals surface area contributed by atoms with Crippen LogP contribution in [0.3, 0.4) is 0 Å². The topological polar surface area (TPSA) is 59.2 Å². The van der Waals surface area contributed by atoms with Crippen LogP contribution in [-0.4, -0.2) is 28.9 Å². The van der Waals surface area contributed by atoms with Crippen LogP contribution in [0.4, 0.5) is 5.69 Å². The lowest BCUT2D eigenvalue weighted by atomic mass is 10.2. The molecule has 0 saturated heterocycles. The molecule has 0 unspecified atom stereocenters. The Hall–Kier alpha value is -1.29. The standard InChI is InChI=1S/C12H19N3O.ClH/c1-4-15(8-9(2)3)12(16)11-6-5-10(13)7-14-11;/h5-7,9H,4,8,13H2,1-3H3;1H. The Balaban J connectivity index is 0.00000256. The highest BCUT2D eigenvalue weighted by Gasteiger charge is 2.15. The summed E-state index contributed by atoms with van der Waals surface area (Å²) < 4.78 is 0. The summed E-state index contributed by atoms with van der Waals surface area (Å²) in [7, 11) is 0. The summed E-state index contributed by atoms with van der Waals surface area (Å²) in [5, 5.41) is 0. The molecule has 0 radical (unpaired) electrons. The van der Waals surface area contributed by atoms with Crippen molar-refractivity contribution in [2.75, 3.05) is 18.8 Å². The van der Waals surface area contributed by atoms with Crippen LogP contribution in [0.2, 0.25) is 0 Å². The minimum Gasteiger partial charge on any atom is -0.397 e. The van der Waals surface area contributed by atoms with Crippen molar-refractivity contribution in [3.63, 3.8) is 0 Å². The monoisotopic (exact) mass is 257 g/mol. The minimum absolute atomic E-state index is 0. The first-order valence-corrected chi connectivity index (χ1v) is 5.55. The maximum Gasteiger partial charge on any atom is 0.272 e. The zero-order valence-corrected chi connectivity index (χ0v) is 11.3. The molecule has 96 valence electrons. The summed E-state index contributed by atoms with van der Waals surface area (Å²) in [6.45, 7) is 7.60. The van der Waals surface area contributed by atoms with Crippen molar-refractivity contribution in [2.45, 2.75) is 20.8 Å². The average Bonchev–Trinajstić information content (AvgIpc) is 2.25. The molecule has 1 heterocycles. The molecule has 1 rings (SSSR count). The second-order valence-corrected chi connectivity index (χ2v) is 4.21. The number of pyridine rings is 1. The van der Waals surface area contributed by atoms with Gasteiger partial charge in [-0.3, -0.25) is 4.79 Å². The number of nitrogens with two attached hydrogens (primary N) is 1. The molecule has 0 bridgehead atoms. The van der Waals surface area contributed by atoms with E-state index in [-0.39, 0.29) is 18.3 Å². The number of carbonyl (C=O) groups excluding carboxylic acids is 1. The second-order valence-electron chi connectivity index (χ2n) is 4.21. The van der Waals surface area contributed by atoms with Crippen LogP contribution in [0, 0.1) is 5.92 Å². The number of rotatable bonds is 4. The Morgan fingerprint density at radius 1 is 1.47 bits per heavy atom. The van der Waals surface area contributed by atoms with Crippen LogP contribution in [0.15, 0.2) is 18.3 Å². The highest BCUT2D eigenvalue weighted by Crippen LogP contribution is 2.07. The van der Waals surface area contributed by atoms with E-state index in [4.69, 9.17) is 5.73 Å². The first-order chi connectivity index (χ1) is 7.54. The summed E-state index contributed by atoms with van der Waals surface area (Å²) in [5.41, 5.74) is 6.56. The number of amides is 1. The fourth-order valence-corrected chi connectivity index (χ4v) is 1.49. The van der Waals surface area contributed by atoms with E-state index in [9.17, 15) is 4.79 Å². The van der Waals surface area contributed by atoms with E-state index >= 15 is 0 Å². The van der Waals surface area contributed by atoms with Crippen LogP contribution in [0.25, 0.3) is 0 Å². The SMILES string of the molecule is CCN(CC(C)C)C(=O)c1ccc(N)cn1.Cl. The van der Waals surface area contributed by atoms with E-state index in [1.54, 1.807) is 17.0 Å². The van der Waals surface area contributed by atoms with Crippen molar-refractivity contribution in [1.29, 1.82) is 0 Å². The van der Waals surface area contributed by atoms with Gasteiger partial charge in [0.05, 0.1) is 11.9 Å².